The van der Waals surface area contributed by atoms with Crippen molar-refractivity contribution < 1.29 is 14.2 Å². The minimum atomic E-state index is -2.02. The van der Waals surface area contributed by atoms with Gasteiger partial charge in [-0.25, -0.2) is 0 Å². The van der Waals surface area contributed by atoms with Gasteiger partial charge in [0.05, 0.1) is 31.2 Å². The molecule has 1 N–H and O–H groups in total. The van der Waals surface area contributed by atoms with Gasteiger partial charge in [-0.3, -0.25) is 5.41 Å². The SMILES string of the molecule is CCC1C2(c3ccccc3)OC(=N)C1(C#N)C(C#N)(C#N)C(c1ccccc1OC)O2. The van der Waals surface area contributed by atoms with Gasteiger partial charge in [-0.1, -0.05) is 55.5 Å². The smallest absolute Gasteiger partial charge is 0.244 e. The van der Waals surface area contributed by atoms with Gasteiger partial charge >= 0.3 is 0 Å². The van der Waals surface area contributed by atoms with E-state index in [2.05, 4.69) is 18.2 Å². The second kappa shape index (κ2) is 7.13. The maximum Gasteiger partial charge on any atom is 0.244 e. The van der Waals surface area contributed by atoms with E-state index >= 15 is 0 Å². The molecule has 2 heterocycles. The summed E-state index contributed by atoms with van der Waals surface area (Å²) in [6.07, 6.45) is -0.835. The zero-order valence-corrected chi connectivity index (χ0v) is 17.1. The van der Waals surface area contributed by atoms with Gasteiger partial charge in [-0.05, 0) is 12.5 Å². The van der Waals surface area contributed by atoms with E-state index in [0.717, 1.165) is 0 Å². The van der Waals surface area contributed by atoms with Crippen molar-refractivity contribution in [2.45, 2.75) is 25.2 Å². The van der Waals surface area contributed by atoms with Crippen LogP contribution in [-0.2, 0) is 15.3 Å². The molecule has 2 aliphatic heterocycles. The fourth-order valence-corrected chi connectivity index (χ4v) is 5.07. The molecule has 31 heavy (non-hydrogen) atoms. The first-order valence-corrected chi connectivity index (χ1v) is 9.89. The lowest BCUT2D eigenvalue weighted by Gasteiger charge is -2.49. The van der Waals surface area contributed by atoms with Crippen LogP contribution in [0.2, 0.25) is 0 Å². The van der Waals surface area contributed by atoms with E-state index in [0.29, 0.717) is 23.3 Å². The lowest BCUT2D eigenvalue weighted by molar-refractivity contribution is -0.293. The van der Waals surface area contributed by atoms with E-state index in [1.807, 2.05) is 25.1 Å². The Kier molecular flexibility index (Phi) is 4.69. The van der Waals surface area contributed by atoms with Crippen molar-refractivity contribution in [3.8, 4) is 24.0 Å². The molecule has 2 aromatic rings. The van der Waals surface area contributed by atoms with E-state index in [9.17, 15) is 15.8 Å². The molecular formula is C24H20N4O3. The summed E-state index contributed by atoms with van der Waals surface area (Å²) >= 11 is 0. The number of fused-ring (bicyclic) bond motifs is 2. The number of hydrogen-bond donors (Lipinski definition) is 1. The van der Waals surface area contributed by atoms with Gasteiger partial charge in [0.1, 0.15) is 11.9 Å². The van der Waals surface area contributed by atoms with E-state index < -0.39 is 34.5 Å². The third kappa shape index (κ3) is 2.31. The highest BCUT2D eigenvalue weighted by Crippen LogP contribution is 2.70. The second-order valence-corrected chi connectivity index (χ2v) is 7.62. The molecule has 4 rings (SSSR count). The van der Waals surface area contributed by atoms with Gasteiger partial charge < -0.3 is 14.2 Å². The van der Waals surface area contributed by atoms with Crippen LogP contribution < -0.4 is 4.74 Å². The minimum Gasteiger partial charge on any atom is -0.496 e. The third-order valence-electron chi connectivity index (χ3n) is 6.44. The summed E-state index contributed by atoms with van der Waals surface area (Å²) < 4.78 is 18.1. The molecule has 2 aromatic carbocycles. The number of para-hydroxylation sites is 1. The highest BCUT2D eigenvalue weighted by Gasteiger charge is 2.80. The first-order valence-electron chi connectivity index (χ1n) is 9.89. The Hall–Kier alpha value is -3.86. The maximum atomic E-state index is 10.4. The number of hydrogen-bond acceptors (Lipinski definition) is 7. The Morgan fingerprint density at radius 1 is 1.00 bits per heavy atom. The van der Waals surface area contributed by atoms with Crippen LogP contribution in [0.1, 0.15) is 30.6 Å². The highest BCUT2D eigenvalue weighted by atomic mass is 16.7. The summed E-state index contributed by atoms with van der Waals surface area (Å²) in [7, 11) is 1.48. The minimum absolute atomic E-state index is 0.356. The van der Waals surface area contributed by atoms with Gasteiger partial charge in [0, 0.05) is 11.1 Å². The van der Waals surface area contributed by atoms with Crippen molar-refractivity contribution >= 4 is 5.90 Å². The molecule has 0 aromatic heterocycles. The van der Waals surface area contributed by atoms with E-state index in [1.54, 1.807) is 36.4 Å². The molecule has 2 saturated heterocycles. The number of benzene rings is 2. The van der Waals surface area contributed by atoms with Crippen molar-refractivity contribution in [2.75, 3.05) is 7.11 Å². The van der Waals surface area contributed by atoms with E-state index in [4.69, 9.17) is 19.6 Å². The molecule has 2 fully saturated rings. The molecule has 0 aliphatic carbocycles. The molecule has 154 valence electrons. The predicted molar refractivity (Wildman–Crippen MR) is 109 cm³/mol. The maximum absolute atomic E-state index is 10.4. The molecule has 0 saturated carbocycles. The number of methoxy groups -OCH3 is 1. The molecule has 2 aliphatic rings. The lowest BCUT2D eigenvalue weighted by Crippen LogP contribution is -2.58. The van der Waals surface area contributed by atoms with E-state index in [-0.39, 0.29) is 0 Å². The quantitative estimate of drug-likeness (QED) is 0.803. The van der Waals surface area contributed by atoms with Crippen LogP contribution in [0.4, 0.5) is 0 Å². The zero-order chi connectivity index (χ0) is 22.3. The predicted octanol–water partition coefficient (Wildman–Crippen LogP) is 4.20. The Morgan fingerprint density at radius 2 is 1.65 bits per heavy atom. The normalized spacial score (nSPS) is 30.4. The van der Waals surface area contributed by atoms with Crippen LogP contribution in [-0.4, -0.2) is 13.0 Å². The van der Waals surface area contributed by atoms with Crippen LogP contribution in [0, 0.1) is 56.2 Å². The van der Waals surface area contributed by atoms with Crippen molar-refractivity contribution in [2.24, 2.45) is 16.7 Å². The largest absolute Gasteiger partial charge is 0.496 e. The highest BCUT2D eigenvalue weighted by molar-refractivity contribution is 5.89. The molecule has 2 bridgehead atoms. The van der Waals surface area contributed by atoms with Gasteiger partial charge in [-0.2, -0.15) is 15.8 Å². The van der Waals surface area contributed by atoms with Crippen molar-refractivity contribution in [3.05, 3.63) is 65.7 Å². The Labute approximate surface area is 180 Å². The van der Waals surface area contributed by atoms with Gasteiger partial charge in [0.15, 0.2) is 5.41 Å². The number of rotatable bonds is 4. The average molecular weight is 412 g/mol. The average Bonchev–Trinajstić information content (AvgIpc) is 3.03. The number of nitrogens with one attached hydrogen (secondary N) is 1. The first-order chi connectivity index (χ1) is 15.0. The molecule has 4 atom stereocenters. The summed E-state index contributed by atoms with van der Waals surface area (Å²) in [5.41, 5.74) is -2.79. The van der Waals surface area contributed by atoms with Gasteiger partial charge in [0.25, 0.3) is 0 Å². The molecule has 4 unspecified atom stereocenters. The Bertz CT molecular complexity index is 1150. The van der Waals surface area contributed by atoms with Gasteiger partial charge in [-0.15, -0.1) is 0 Å². The fourth-order valence-electron chi connectivity index (χ4n) is 5.07. The molecular weight excluding hydrogens is 392 g/mol. The molecule has 7 heteroatoms. The standard InChI is InChI=1S/C24H20N4O3/c1-3-19-23(15-27)21(28)31-24(19,16-9-5-4-6-10-16)30-20(22(23,13-25)14-26)17-11-7-8-12-18(17)29-2/h4-12,19-20,28H,3H2,1-2H3. The summed E-state index contributed by atoms with van der Waals surface area (Å²) in [6.45, 7) is 1.84. The fraction of sp³-hybridized carbons (Fsp3) is 0.333. The Morgan fingerprint density at radius 3 is 2.23 bits per heavy atom. The number of ether oxygens (including phenoxy) is 3. The summed E-state index contributed by atoms with van der Waals surface area (Å²) in [5.74, 6) is -2.25. The Balaban J connectivity index is 2.09. The monoisotopic (exact) mass is 412 g/mol. The zero-order valence-electron chi connectivity index (χ0n) is 17.1. The van der Waals surface area contributed by atoms with Crippen molar-refractivity contribution in [3.63, 3.8) is 0 Å². The molecule has 0 radical (unpaired) electrons. The number of nitriles is 3. The second-order valence-electron chi connectivity index (χ2n) is 7.62. The first kappa shape index (κ1) is 20.4. The van der Waals surface area contributed by atoms with Crippen LogP contribution in [0.15, 0.2) is 54.6 Å². The topological polar surface area (TPSA) is 123 Å². The summed E-state index contributed by atoms with van der Waals surface area (Å²) in [4.78, 5) is 0. The molecule has 0 spiro atoms. The van der Waals surface area contributed by atoms with Crippen molar-refractivity contribution in [1.29, 1.82) is 21.2 Å². The number of nitrogens with zero attached hydrogens (tertiary/aromatic N) is 3. The summed E-state index contributed by atoms with van der Waals surface area (Å²) in [5, 5.41) is 39.8. The summed E-state index contributed by atoms with van der Waals surface area (Å²) in [6, 6.07) is 22.3. The van der Waals surface area contributed by atoms with Crippen molar-refractivity contribution in [1.82, 2.24) is 0 Å². The van der Waals surface area contributed by atoms with Crippen LogP contribution in [0.3, 0.4) is 0 Å². The van der Waals surface area contributed by atoms with E-state index in [1.165, 1.54) is 7.11 Å². The van der Waals surface area contributed by atoms with Crippen LogP contribution >= 0.6 is 0 Å². The van der Waals surface area contributed by atoms with Gasteiger partial charge in [0.2, 0.25) is 17.1 Å². The molecule has 7 nitrogen and oxygen atoms in total. The van der Waals surface area contributed by atoms with Crippen LogP contribution in [0.25, 0.3) is 0 Å². The lowest BCUT2D eigenvalue weighted by atomic mass is 9.52. The van der Waals surface area contributed by atoms with Crippen LogP contribution in [0.5, 0.6) is 5.75 Å². The molecule has 0 amide bonds. The third-order valence-corrected chi connectivity index (χ3v) is 6.44.